The Labute approximate surface area is 205 Å². The lowest BCUT2D eigenvalue weighted by Gasteiger charge is -2.42. The maximum Gasteiger partial charge on any atom is 0.246 e. The Morgan fingerprint density at radius 2 is 2.00 bits per heavy atom. The van der Waals surface area contributed by atoms with Crippen molar-refractivity contribution in [3.8, 4) is 0 Å². The molecule has 2 aliphatic rings. The van der Waals surface area contributed by atoms with Crippen LogP contribution in [0.25, 0.3) is 6.08 Å². The number of aliphatic hydroxyl groups is 2. The SMILES string of the molecule is C[C@@]1(CO)CCN(CCCCN2CCN(C(=O)/C=C/c3ccc(Cl)c(F)c3)CCC2=O)C[C@@H]1O. The highest BCUT2D eigenvalue weighted by molar-refractivity contribution is 6.30. The largest absolute Gasteiger partial charge is 0.396 e. The molecule has 2 aliphatic heterocycles. The topological polar surface area (TPSA) is 84.3 Å². The van der Waals surface area contributed by atoms with Gasteiger partial charge in [-0.2, -0.15) is 0 Å². The van der Waals surface area contributed by atoms with Gasteiger partial charge in [-0.1, -0.05) is 24.6 Å². The smallest absolute Gasteiger partial charge is 0.246 e. The molecule has 0 radical (unpaired) electrons. The first kappa shape index (κ1) is 26.6. The summed E-state index contributed by atoms with van der Waals surface area (Å²) < 4.78 is 13.6. The van der Waals surface area contributed by atoms with Gasteiger partial charge < -0.3 is 24.9 Å². The van der Waals surface area contributed by atoms with Gasteiger partial charge >= 0.3 is 0 Å². The van der Waals surface area contributed by atoms with E-state index in [4.69, 9.17) is 11.6 Å². The highest BCUT2D eigenvalue weighted by atomic mass is 35.5. The molecular formula is C25H35ClFN3O4. The Bertz CT molecular complexity index is 899. The molecule has 0 aliphatic carbocycles. The lowest BCUT2D eigenvalue weighted by molar-refractivity contribution is -0.130. The van der Waals surface area contributed by atoms with Crippen molar-refractivity contribution in [1.82, 2.24) is 14.7 Å². The molecule has 34 heavy (non-hydrogen) atoms. The molecule has 0 aromatic heterocycles. The van der Waals surface area contributed by atoms with Gasteiger partial charge in [0.25, 0.3) is 0 Å². The molecule has 2 fully saturated rings. The third kappa shape index (κ3) is 7.01. The first-order chi connectivity index (χ1) is 16.2. The number of likely N-dealkylation sites (tertiary alicyclic amines) is 1. The zero-order valence-corrected chi connectivity index (χ0v) is 20.5. The zero-order valence-electron chi connectivity index (χ0n) is 19.8. The van der Waals surface area contributed by atoms with Gasteiger partial charge in [0.05, 0.1) is 17.7 Å². The van der Waals surface area contributed by atoms with Crippen LogP contribution < -0.4 is 0 Å². The van der Waals surface area contributed by atoms with Gasteiger partial charge in [-0.05, 0) is 56.1 Å². The summed E-state index contributed by atoms with van der Waals surface area (Å²) in [5.41, 5.74) is 0.128. The van der Waals surface area contributed by atoms with Crippen LogP contribution in [0.4, 0.5) is 4.39 Å². The molecule has 2 heterocycles. The molecule has 7 nitrogen and oxygen atoms in total. The maximum absolute atomic E-state index is 13.6. The predicted octanol–water partition coefficient (Wildman–Crippen LogP) is 2.40. The fourth-order valence-corrected chi connectivity index (χ4v) is 4.49. The van der Waals surface area contributed by atoms with E-state index in [1.165, 1.54) is 18.2 Å². The van der Waals surface area contributed by atoms with Crippen LogP contribution in [0.3, 0.4) is 0 Å². The number of nitrogens with zero attached hydrogens (tertiary/aromatic N) is 3. The van der Waals surface area contributed by atoms with Gasteiger partial charge in [0.1, 0.15) is 5.82 Å². The van der Waals surface area contributed by atoms with Crippen molar-refractivity contribution in [3.63, 3.8) is 0 Å². The first-order valence-corrected chi connectivity index (χ1v) is 12.3. The summed E-state index contributed by atoms with van der Waals surface area (Å²) >= 11 is 5.69. The fourth-order valence-electron chi connectivity index (χ4n) is 4.37. The number of benzene rings is 1. The lowest BCUT2D eigenvalue weighted by Crippen LogP contribution is -2.51. The molecule has 1 aromatic carbocycles. The third-order valence-electron chi connectivity index (χ3n) is 7.01. The number of piperidine rings is 1. The number of rotatable bonds is 8. The van der Waals surface area contributed by atoms with Gasteiger partial charge in [0, 0.05) is 50.6 Å². The van der Waals surface area contributed by atoms with Gasteiger partial charge in [-0.3, -0.25) is 9.59 Å². The normalized spacial score (nSPS) is 24.6. The molecule has 3 rings (SSSR count). The molecule has 188 valence electrons. The van der Waals surface area contributed by atoms with Crippen molar-refractivity contribution in [2.45, 2.75) is 38.7 Å². The van der Waals surface area contributed by atoms with E-state index in [2.05, 4.69) is 4.90 Å². The highest BCUT2D eigenvalue weighted by Gasteiger charge is 2.37. The minimum absolute atomic E-state index is 0.00589. The monoisotopic (exact) mass is 495 g/mol. The number of β-amino-alcohol motifs (C(OH)–C–C–N with tert-alkyl or cyclic N) is 1. The van der Waals surface area contributed by atoms with Crippen molar-refractivity contribution in [2.24, 2.45) is 5.41 Å². The van der Waals surface area contributed by atoms with E-state index in [1.807, 2.05) is 11.8 Å². The van der Waals surface area contributed by atoms with Gasteiger partial charge in [0.2, 0.25) is 11.8 Å². The molecule has 2 saturated heterocycles. The molecule has 9 heteroatoms. The molecule has 0 saturated carbocycles. The average molecular weight is 496 g/mol. The minimum atomic E-state index is -0.535. The maximum atomic E-state index is 13.6. The third-order valence-corrected chi connectivity index (χ3v) is 7.32. The highest BCUT2D eigenvalue weighted by Crippen LogP contribution is 2.30. The second-order valence-corrected chi connectivity index (χ2v) is 9.96. The lowest BCUT2D eigenvalue weighted by atomic mass is 9.79. The summed E-state index contributed by atoms with van der Waals surface area (Å²) in [4.78, 5) is 30.8. The molecule has 0 unspecified atom stereocenters. The summed E-state index contributed by atoms with van der Waals surface area (Å²) in [6, 6.07) is 4.36. The Balaban J connectivity index is 1.41. The Morgan fingerprint density at radius 3 is 2.71 bits per heavy atom. The number of carbonyl (C=O) groups is 2. The Hall–Kier alpha value is -2.00. The number of halogens is 2. The zero-order chi connectivity index (χ0) is 24.7. The van der Waals surface area contributed by atoms with Crippen molar-refractivity contribution < 1.29 is 24.2 Å². The van der Waals surface area contributed by atoms with Crippen molar-refractivity contribution in [1.29, 1.82) is 0 Å². The Kier molecular flexibility index (Phi) is 9.47. The van der Waals surface area contributed by atoms with Crippen LogP contribution in [0.1, 0.15) is 38.2 Å². The molecule has 0 spiro atoms. The van der Waals surface area contributed by atoms with E-state index in [0.717, 1.165) is 32.4 Å². The summed E-state index contributed by atoms with van der Waals surface area (Å²) in [7, 11) is 0. The number of carbonyl (C=O) groups excluding carboxylic acids is 2. The average Bonchev–Trinajstić information content (AvgIpc) is 3.01. The minimum Gasteiger partial charge on any atom is -0.396 e. The van der Waals surface area contributed by atoms with Crippen LogP contribution in [0.15, 0.2) is 24.3 Å². The van der Waals surface area contributed by atoms with E-state index in [0.29, 0.717) is 38.3 Å². The van der Waals surface area contributed by atoms with Crippen molar-refractivity contribution in [3.05, 3.63) is 40.7 Å². The molecular weight excluding hydrogens is 461 g/mol. The van der Waals surface area contributed by atoms with Gasteiger partial charge in [0.15, 0.2) is 0 Å². The number of amides is 2. The summed E-state index contributed by atoms with van der Waals surface area (Å²) in [6.45, 7) is 6.13. The predicted molar refractivity (Wildman–Crippen MR) is 130 cm³/mol. The van der Waals surface area contributed by atoms with E-state index >= 15 is 0 Å². The molecule has 2 N–H and O–H groups in total. The second kappa shape index (κ2) is 12.1. The molecule has 2 atom stereocenters. The summed E-state index contributed by atoms with van der Waals surface area (Å²) in [5.74, 6) is -0.693. The van der Waals surface area contributed by atoms with Gasteiger partial charge in [-0.25, -0.2) is 4.39 Å². The van der Waals surface area contributed by atoms with E-state index in [1.54, 1.807) is 17.0 Å². The number of aliphatic hydroxyl groups excluding tert-OH is 2. The van der Waals surface area contributed by atoms with Crippen LogP contribution in [-0.4, -0.2) is 95.3 Å². The molecule has 1 aromatic rings. The molecule has 0 bridgehead atoms. The number of hydrogen-bond donors (Lipinski definition) is 2. The van der Waals surface area contributed by atoms with E-state index < -0.39 is 17.3 Å². The fraction of sp³-hybridized carbons (Fsp3) is 0.600. The number of hydrogen-bond acceptors (Lipinski definition) is 5. The number of unbranched alkanes of at least 4 members (excludes halogenated alkanes) is 1. The van der Waals surface area contributed by atoms with Crippen LogP contribution in [0.5, 0.6) is 0 Å². The van der Waals surface area contributed by atoms with Crippen LogP contribution in [0, 0.1) is 11.2 Å². The Morgan fingerprint density at radius 1 is 1.24 bits per heavy atom. The first-order valence-electron chi connectivity index (χ1n) is 11.9. The second-order valence-electron chi connectivity index (χ2n) is 9.55. The molecule has 2 amide bonds. The van der Waals surface area contributed by atoms with Crippen LogP contribution in [-0.2, 0) is 9.59 Å². The van der Waals surface area contributed by atoms with Crippen LogP contribution >= 0.6 is 11.6 Å². The van der Waals surface area contributed by atoms with E-state index in [-0.39, 0.29) is 29.9 Å². The standard InChI is InChI=1S/C25H35ClFN3O4/c1-25(18-31)9-13-28(17-22(25)32)10-2-3-11-29-14-15-30(12-8-24(29)34)23(33)7-5-19-4-6-20(26)21(27)16-19/h4-7,16,22,31-32H,2-3,8-15,17-18H2,1H3/b7-5+/t22-,25-/m0/s1. The summed E-state index contributed by atoms with van der Waals surface area (Å²) in [6.07, 6.45) is 5.23. The van der Waals surface area contributed by atoms with Gasteiger partial charge in [-0.15, -0.1) is 0 Å². The van der Waals surface area contributed by atoms with Crippen molar-refractivity contribution in [2.75, 3.05) is 52.4 Å². The van der Waals surface area contributed by atoms with Crippen LogP contribution in [0.2, 0.25) is 5.02 Å². The quantitative estimate of drug-likeness (QED) is 0.427. The summed E-state index contributed by atoms with van der Waals surface area (Å²) in [5, 5.41) is 19.8. The van der Waals surface area contributed by atoms with E-state index in [9.17, 15) is 24.2 Å². The van der Waals surface area contributed by atoms with Crippen molar-refractivity contribution >= 4 is 29.5 Å².